The second kappa shape index (κ2) is 4.89. The molecule has 6 nitrogen and oxygen atoms in total. The number of nitrogens with zero attached hydrogens (tertiary/aromatic N) is 3. The van der Waals surface area contributed by atoms with Crippen LogP contribution in [0.25, 0.3) is 11.0 Å². The first-order valence-electron chi connectivity index (χ1n) is 6.32. The molecule has 1 aromatic heterocycles. The summed E-state index contributed by atoms with van der Waals surface area (Å²) in [5.74, 6) is 0.431. The van der Waals surface area contributed by atoms with Gasteiger partial charge in [0, 0.05) is 13.1 Å². The summed E-state index contributed by atoms with van der Waals surface area (Å²) in [4.78, 5) is 18.0. The van der Waals surface area contributed by atoms with Gasteiger partial charge in [0.05, 0.1) is 24.2 Å². The van der Waals surface area contributed by atoms with E-state index in [1.165, 1.54) is 0 Å². The van der Waals surface area contributed by atoms with Gasteiger partial charge >= 0.3 is 0 Å². The van der Waals surface area contributed by atoms with Gasteiger partial charge in [-0.1, -0.05) is 12.1 Å². The van der Waals surface area contributed by atoms with Crippen LogP contribution < -0.4 is 10.6 Å². The van der Waals surface area contributed by atoms with Gasteiger partial charge in [-0.25, -0.2) is 4.98 Å². The summed E-state index contributed by atoms with van der Waals surface area (Å²) in [5.41, 5.74) is 7.16. The lowest BCUT2D eigenvalue weighted by atomic mass is 10.3. The van der Waals surface area contributed by atoms with Crippen LogP contribution in [0.3, 0.4) is 0 Å². The average molecular weight is 260 g/mol. The smallest absolute Gasteiger partial charge is 0.237 e. The largest absolute Gasteiger partial charge is 0.378 e. The number of carbonyl (C=O) groups is 1. The number of hydrogen-bond donors (Lipinski definition) is 1. The van der Waals surface area contributed by atoms with Crippen LogP contribution in [0.5, 0.6) is 0 Å². The molecule has 1 amide bonds. The maximum absolute atomic E-state index is 11.3. The Hall–Kier alpha value is -2.08. The topological polar surface area (TPSA) is 73.4 Å². The molecule has 1 saturated heterocycles. The minimum absolute atomic E-state index is 0.146. The van der Waals surface area contributed by atoms with Crippen molar-refractivity contribution in [2.75, 3.05) is 31.2 Å². The van der Waals surface area contributed by atoms with Crippen LogP contribution in [-0.2, 0) is 16.1 Å². The first-order valence-corrected chi connectivity index (χ1v) is 6.32. The molecule has 0 saturated carbocycles. The highest BCUT2D eigenvalue weighted by Crippen LogP contribution is 2.23. The molecule has 6 heteroatoms. The van der Waals surface area contributed by atoms with E-state index in [0.717, 1.165) is 30.1 Å². The second-order valence-corrected chi connectivity index (χ2v) is 4.55. The summed E-state index contributed by atoms with van der Waals surface area (Å²) in [6, 6.07) is 7.77. The van der Waals surface area contributed by atoms with E-state index in [2.05, 4.69) is 9.88 Å². The molecular formula is C13H16N4O2. The molecule has 19 heavy (non-hydrogen) atoms. The first-order chi connectivity index (χ1) is 9.25. The number of primary amides is 1. The highest BCUT2D eigenvalue weighted by molar-refractivity contribution is 5.82. The number of anilines is 1. The maximum Gasteiger partial charge on any atom is 0.237 e. The zero-order valence-corrected chi connectivity index (χ0v) is 10.6. The Morgan fingerprint density at radius 1 is 1.32 bits per heavy atom. The minimum atomic E-state index is -0.363. The molecule has 0 radical (unpaired) electrons. The molecule has 1 aliphatic rings. The quantitative estimate of drug-likeness (QED) is 0.864. The highest BCUT2D eigenvalue weighted by atomic mass is 16.5. The predicted molar refractivity (Wildman–Crippen MR) is 72.0 cm³/mol. The van der Waals surface area contributed by atoms with E-state index < -0.39 is 0 Å². The van der Waals surface area contributed by atoms with Gasteiger partial charge in [0.15, 0.2) is 0 Å². The molecule has 1 aliphatic heterocycles. The van der Waals surface area contributed by atoms with E-state index in [4.69, 9.17) is 10.5 Å². The molecule has 1 aromatic carbocycles. The van der Waals surface area contributed by atoms with Crippen molar-refractivity contribution in [3.05, 3.63) is 24.3 Å². The summed E-state index contributed by atoms with van der Waals surface area (Å²) in [5, 5.41) is 0. The van der Waals surface area contributed by atoms with E-state index >= 15 is 0 Å². The number of imidazole rings is 1. The second-order valence-electron chi connectivity index (χ2n) is 4.55. The number of para-hydroxylation sites is 2. The maximum atomic E-state index is 11.3. The van der Waals surface area contributed by atoms with Crippen LogP contribution in [0.2, 0.25) is 0 Å². The number of fused-ring (bicyclic) bond motifs is 1. The molecule has 2 N–H and O–H groups in total. The van der Waals surface area contributed by atoms with Crippen molar-refractivity contribution >= 4 is 22.9 Å². The standard InChI is InChI=1S/C13H16N4O2/c14-12(18)9-17-11-4-2-1-3-10(11)15-13(17)16-5-7-19-8-6-16/h1-4H,5-9H2,(H2,14,18). The first kappa shape index (κ1) is 12.0. The number of aromatic nitrogens is 2. The molecule has 3 rings (SSSR count). The monoisotopic (exact) mass is 260 g/mol. The fraction of sp³-hybridized carbons (Fsp3) is 0.385. The molecule has 0 atom stereocenters. The number of morpholine rings is 1. The number of ether oxygens (including phenoxy) is 1. The zero-order valence-electron chi connectivity index (χ0n) is 10.6. The molecule has 2 aromatic rings. The van der Waals surface area contributed by atoms with E-state index in [9.17, 15) is 4.79 Å². The summed E-state index contributed by atoms with van der Waals surface area (Å²) < 4.78 is 7.22. The van der Waals surface area contributed by atoms with Gasteiger partial charge in [-0.2, -0.15) is 0 Å². The Balaban J connectivity index is 2.07. The number of carbonyl (C=O) groups excluding carboxylic acids is 1. The van der Waals surface area contributed by atoms with Crippen LogP contribution in [0.15, 0.2) is 24.3 Å². The average Bonchev–Trinajstić information content (AvgIpc) is 2.78. The van der Waals surface area contributed by atoms with Crippen LogP contribution in [0.1, 0.15) is 0 Å². The lowest BCUT2D eigenvalue weighted by Crippen LogP contribution is -2.38. The molecule has 0 bridgehead atoms. The van der Waals surface area contributed by atoms with Crippen molar-refractivity contribution in [2.45, 2.75) is 6.54 Å². The number of amides is 1. The molecule has 0 spiro atoms. The third-order valence-corrected chi connectivity index (χ3v) is 3.24. The Labute approximate surface area is 110 Å². The number of benzene rings is 1. The number of rotatable bonds is 3. The van der Waals surface area contributed by atoms with Crippen molar-refractivity contribution < 1.29 is 9.53 Å². The fourth-order valence-corrected chi connectivity index (χ4v) is 2.38. The van der Waals surface area contributed by atoms with Gasteiger partial charge in [0.2, 0.25) is 11.9 Å². The van der Waals surface area contributed by atoms with Crippen LogP contribution in [-0.4, -0.2) is 41.8 Å². The van der Waals surface area contributed by atoms with Gasteiger partial charge in [0.25, 0.3) is 0 Å². The minimum Gasteiger partial charge on any atom is -0.378 e. The SMILES string of the molecule is NC(=O)Cn1c(N2CCOCC2)nc2ccccc21. The lowest BCUT2D eigenvalue weighted by Gasteiger charge is -2.28. The van der Waals surface area contributed by atoms with Crippen molar-refractivity contribution in [3.63, 3.8) is 0 Å². The molecule has 2 heterocycles. The van der Waals surface area contributed by atoms with Gasteiger partial charge in [-0.3, -0.25) is 4.79 Å². The fourth-order valence-electron chi connectivity index (χ4n) is 2.38. The number of hydrogen-bond acceptors (Lipinski definition) is 4. The summed E-state index contributed by atoms with van der Waals surface area (Å²) >= 11 is 0. The molecule has 1 fully saturated rings. The number of nitrogens with two attached hydrogens (primary N) is 1. The molecule has 0 unspecified atom stereocenters. The molecule has 0 aliphatic carbocycles. The van der Waals surface area contributed by atoms with Crippen molar-refractivity contribution in [2.24, 2.45) is 5.73 Å². The third-order valence-electron chi connectivity index (χ3n) is 3.24. The van der Waals surface area contributed by atoms with Crippen molar-refractivity contribution in [1.29, 1.82) is 0 Å². The van der Waals surface area contributed by atoms with Gasteiger partial charge in [-0.15, -0.1) is 0 Å². The van der Waals surface area contributed by atoms with E-state index in [0.29, 0.717) is 13.2 Å². The van der Waals surface area contributed by atoms with Crippen LogP contribution >= 0.6 is 0 Å². The lowest BCUT2D eigenvalue weighted by molar-refractivity contribution is -0.118. The Morgan fingerprint density at radius 2 is 2.05 bits per heavy atom. The summed E-state index contributed by atoms with van der Waals surface area (Å²) in [6.07, 6.45) is 0. The van der Waals surface area contributed by atoms with Crippen LogP contribution in [0.4, 0.5) is 5.95 Å². The van der Waals surface area contributed by atoms with E-state index in [-0.39, 0.29) is 12.5 Å². The Kier molecular flexibility index (Phi) is 3.08. The Morgan fingerprint density at radius 3 is 2.79 bits per heavy atom. The van der Waals surface area contributed by atoms with E-state index in [1.54, 1.807) is 0 Å². The third kappa shape index (κ3) is 2.26. The zero-order chi connectivity index (χ0) is 13.2. The molecular weight excluding hydrogens is 244 g/mol. The predicted octanol–water partition coefficient (Wildman–Crippen LogP) is 0.358. The van der Waals surface area contributed by atoms with E-state index in [1.807, 2.05) is 28.8 Å². The Bertz CT molecular complexity index is 602. The van der Waals surface area contributed by atoms with Gasteiger partial charge in [0.1, 0.15) is 6.54 Å². The molecule has 100 valence electrons. The van der Waals surface area contributed by atoms with Crippen LogP contribution in [0, 0.1) is 0 Å². The summed E-state index contributed by atoms with van der Waals surface area (Å²) in [7, 11) is 0. The van der Waals surface area contributed by atoms with Crippen molar-refractivity contribution in [3.8, 4) is 0 Å². The van der Waals surface area contributed by atoms with Crippen molar-refractivity contribution in [1.82, 2.24) is 9.55 Å². The van der Waals surface area contributed by atoms with Gasteiger partial charge in [-0.05, 0) is 12.1 Å². The normalized spacial score (nSPS) is 15.9. The van der Waals surface area contributed by atoms with Gasteiger partial charge < -0.3 is 19.9 Å². The summed E-state index contributed by atoms with van der Waals surface area (Å²) in [6.45, 7) is 3.07. The highest BCUT2D eigenvalue weighted by Gasteiger charge is 2.19.